The number of benzene rings is 2. The Balaban J connectivity index is 2.24. The summed E-state index contributed by atoms with van der Waals surface area (Å²) in [4.78, 5) is 23.5. The molecule has 1 atom stereocenters. The van der Waals surface area contributed by atoms with E-state index in [0.29, 0.717) is 13.0 Å². The Labute approximate surface area is 181 Å². The molecule has 162 valence electrons. The molecule has 0 saturated carbocycles. The van der Waals surface area contributed by atoms with Gasteiger partial charge in [0.2, 0.25) is 5.78 Å². The van der Waals surface area contributed by atoms with Crippen LogP contribution in [0.25, 0.3) is 0 Å². The lowest BCUT2D eigenvalue weighted by Gasteiger charge is -2.43. The molecule has 0 aliphatic heterocycles. The number of ketones is 1. The number of Topliss-reactive ketones (excluding diaryl/α,β-unsaturated/α-hetero) is 1. The first kappa shape index (κ1) is 24.0. The lowest BCUT2D eigenvalue weighted by Crippen LogP contribution is -2.66. The maximum atomic E-state index is 11.9. The van der Waals surface area contributed by atoms with Crippen LogP contribution >= 0.6 is 0 Å². The zero-order chi connectivity index (χ0) is 22.2. The summed E-state index contributed by atoms with van der Waals surface area (Å²) in [7, 11) is -2.58. The number of esters is 1. The molecule has 2 aromatic carbocycles. The van der Waals surface area contributed by atoms with Gasteiger partial charge in [-0.1, -0.05) is 88.4 Å². The van der Waals surface area contributed by atoms with Crippen molar-refractivity contribution in [2.75, 3.05) is 13.2 Å². The summed E-state index contributed by atoms with van der Waals surface area (Å²) in [6.45, 7) is 11.2. The van der Waals surface area contributed by atoms with E-state index >= 15 is 0 Å². The molecular formula is C25H34O4Si. The molecule has 0 N–H and O–H groups in total. The van der Waals surface area contributed by atoms with Crippen LogP contribution < -0.4 is 10.4 Å². The van der Waals surface area contributed by atoms with Crippen LogP contribution in [0.15, 0.2) is 60.7 Å². The van der Waals surface area contributed by atoms with Gasteiger partial charge in [0.1, 0.15) is 0 Å². The van der Waals surface area contributed by atoms with Crippen molar-refractivity contribution in [2.45, 2.75) is 52.5 Å². The molecule has 0 aliphatic carbocycles. The normalized spacial score (nSPS) is 13.0. The van der Waals surface area contributed by atoms with Gasteiger partial charge < -0.3 is 9.16 Å². The average molecular weight is 427 g/mol. The molecule has 0 unspecified atom stereocenters. The summed E-state index contributed by atoms with van der Waals surface area (Å²) in [6.07, 6.45) is 0.778. The van der Waals surface area contributed by atoms with Gasteiger partial charge in [0.25, 0.3) is 8.32 Å². The largest absolute Gasteiger partial charge is 0.460 e. The smallest absolute Gasteiger partial charge is 0.374 e. The number of rotatable bonds is 10. The molecule has 5 heteroatoms. The molecule has 2 rings (SSSR count). The fraction of sp³-hybridized carbons (Fsp3) is 0.440. The van der Waals surface area contributed by atoms with E-state index in [-0.39, 0.29) is 24.0 Å². The Morgan fingerprint density at radius 2 is 1.43 bits per heavy atom. The Morgan fingerprint density at radius 3 is 1.87 bits per heavy atom. The van der Waals surface area contributed by atoms with Crippen LogP contribution in [-0.2, 0) is 18.8 Å². The van der Waals surface area contributed by atoms with E-state index < -0.39 is 20.1 Å². The Bertz CT molecular complexity index is 773. The van der Waals surface area contributed by atoms with Crippen molar-refractivity contribution in [1.29, 1.82) is 0 Å². The second-order valence-electron chi connectivity index (χ2n) is 8.76. The van der Waals surface area contributed by atoms with Crippen LogP contribution in [-0.4, -0.2) is 33.3 Å². The lowest BCUT2D eigenvalue weighted by atomic mass is 10.0. The highest BCUT2D eigenvalue weighted by Gasteiger charge is 2.50. The van der Waals surface area contributed by atoms with Gasteiger partial charge in [-0.25, -0.2) is 4.79 Å². The number of hydrogen-bond donors (Lipinski definition) is 0. The molecule has 0 bridgehead atoms. The SMILES string of the molecule is CCOC(=O)C(=O)CC[C@H](C)CO[Si](c1ccccc1)(c1ccccc1)C(C)(C)C. The zero-order valence-electron chi connectivity index (χ0n) is 18.8. The first-order chi connectivity index (χ1) is 14.2. The first-order valence-electron chi connectivity index (χ1n) is 10.7. The average Bonchev–Trinajstić information content (AvgIpc) is 2.73. The Morgan fingerprint density at radius 1 is 0.933 bits per heavy atom. The van der Waals surface area contributed by atoms with E-state index in [1.54, 1.807) is 6.92 Å². The minimum absolute atomic E-state index is 0.0871. The summed E-state index contributed by atoms with van der Waals surface area (Å²) >= 11 is 0. The molecule has 30 heavy (non-hydrogen) atoms. The highest BCUT2D eigenvalue weighted by Crippen LogP contribution is 2.37. The molecule has 2 aromatic rings. The van der Waals surface area contributed by atoms with E-state index in [1.165, 1.54) is 10.4 Å². The molecule has 4 nitrogen and oxygen atoms in total. The minimum atomic E-state index is -2.58. The van der Waals surface area contributed by atoms with Crippen molar-refractivity contribution in [3.05, 3.63) is 60.7 Å². The van der Waals surface area contributed by atoms with Crippen LogP contribution in [0.5, 0.6) is 0 Å². The summed E-state index contributed by atoms with van der Waals surface area (Å²) in [5, 5.41) is 2.38. The standard InChI is InChI=1S/C25H34O4Si/c1-6-28-24(27)23(26)18-17-20(2)19-29-30(25(3,4)5,21-13-9-7-10-14-21)22-15-11-8-12-16-22/h7-16,20H,6,17-19H2,1-5H3/t20-/m0/s1. The second kappa shape index (κ2) is 10.7. The highest BCUT2D eigenvalue weighted by atomic mass is 28.4. The van der Waals surface area contributed by atoms with E-state index in [4.69, 9.17) is 9.16 Å². The molecule has 0 aromatic heterocycles. The number of ether oxygens (including phenoxy) is 1. The number of carbonyl (C=O) groups is 2. The summed E-state index contributed by atoms with van der Waals surface area (Å²) < 4.78 is 11.7. The predicted octanol–water partition coefficient (Wildman–Crippen LogP) is 4.11. The molecule has 0 amide bonds. The number of carbonyl (C=O) groups excluding carboxylic acids is 2. The maximum absolute atomic E-state index is 11.9. The van der Waals surface area contributed by atoms with Crippen LogP contribution in [0, 0.1) is 5.92 Å². The molecule has 0 saturated heterocycles. The maximum Gasteiger partial charge on any atom is 0.374 e. The van der Waals surface area contributed by atoms with Crippen molar-refractivity contribution < 1.29 is 18.8 Å². The van der Waals surface area contributed by atoms with Crippen molar-refractivity contribution >= 4 is 30.4 Å². The van der Waals surface area contributed by atoms with Crippen molar-refractivity contribution in [1.82, 2.24) is 0 Å². The van der Waals surface area contributed by atoms with Gasteiger partial charge in [0, 0.05) is 13.0 Å². The predicted molar refractivity (Wildman–Crippen MR) is 124 cm³/mol. The molecule has 0 radical (unpaired) electrons. The fourth-order valence-corrected chi connectivity index (χ4v) is 8.49. The lowest BCUT2D eigenvalue weighted by molar-refractivity contribution is -0.153. The molecular weight excluding hydrogens is 392 g/mol. The molecule has 0 fully saturated rings. The summed E-state index contributed by atoms with van der Waals surface area (Å²) in [5.74, 6) is -1.06. The second-order valence-corrected chi connectivity index (χ2v) is 13.1. The monoisotopic (exact) mass is 426 g/mol. The molecule has 0 aliphatic rings. The van der Waals surface area contributed by atoms with Gasteiger partial charge in [0.05, 0.1) is 6.61 Å². The Kier molecular flexibility index (Phi) is 8.56. The van der Waals surface area contributed by atoms with Gasteiger partial charge in [-0.3, -0.25) is 4.79 Å². The third-order valence-electron chi connectivity index (χ3n) is 5.37. The fourth-order valence-electron chi connectivity index (χ4n) is 3.80. The van der Waals surface area contributed by atoms with E-state index in [1.807, 2.05) is 12.1 Å². The summed E-state index contributed by atoms with van der Waals surface area (Å²) in [6, 6.07) is 21.0. The van der Waals surface area contributed by atoms with Crippen LogP contribution in [0.1, 0.15) is 47.5 Å². The van der Waals surface area contributed by atoms with E-state index in [9.17, 15) is 9.59 Å². The summed E-state index contributed by atoms with van der Waals surface area (Å²) in [5.41, 5.74) is 0. The minimum Gasteiger partial charge on any atom is -0.460 e. The van der Waals surface area contributed by atoms with Gasteiger partial charge in [-0.2, -0.15) is 0 Å². The van der Waals surface area contributed by atoms with Crippen molar-refractivity contribution in [3.63, 3.8) is 0 Å². The number of hydrogen-bond acceptors (Lipinski definition) is 4. The third kappa shape index (κ3) is 5.67. The molecule has 0 spiro atoms. The highest BCUT2D eigenvalue weighted by molar-refractivity contribution is 6.99. The van der Waals surface area contributed by atoms with E-state index in [2.05, 4.69) is 76.2 Å². The third-order valence-corrected chi connectivity index (χ3v) is 10.4. The Hall–Kier alpha value is -2.24. The van der Waals surface area contributed by atoms with Gasteiger partial charge in [-0.05, 0) is 34.7 Å². The van der Waals surface area contributed by atoms with Crippen molar-refractivity contribution in [2.24, 2.45) is 5.92 Å². The topological polar surface area (TPSA) is 52.6 Å². The quantitative estimate of drug-likeness (QED) is 0.326. The van der Waals surface area contributed by atoms with Gasteiger partial charge in [-0.15, -0.1) is 0 Å². The zero-order valence-corrected chi connectivity index (χ0v) is 19.8. The molecule has 0 heterocycles. The van der Waals surface area contributed by atoms with Crippen LogP contribution in [0.3, 0.4) is 0 Å². The van der Waals surface area contributed by atoms with Crippen LogP contribution in [0.2, 0.25) is 5.04 Å². The van der Waals surface area contributed by atoms with E-state index in [0.717, 1.165) is 0 Å². The van der Waals surface area contributed by atoms with Crippen LogP contribution in [0.4, 0.5) is 0 Å². The first-order valence-corrected chi connectivity index (χ1v) is 12.6. The van der Waals surface area contributed by atoms with Gasteiger partial charge >= 0.3 is 5.97 Å². The van der Waals surface area contributed by atoms with Crippen molar-refractivity contribution in [3.8, 4) is 0 Å². The van der Waals surface area contributed by atoms with Gasteiger partial charge in [0.15, 0.2) is 0 Å².